The zero-order valence-electron chi connectivity index (χ0n) is 26.1. The van der Waals surface area contributed by atoms with Gasteiger partial charge in [-0.2, -0.15) is 0 Å². The van der Waals surface area contributed by atoms with Crippen LogP contribution < -0.4 is 16.4 Å². The average Bonchev–Trinajstić information content (AvgIpc) is 3.04. The van der Waals surface area contributed by atoms with Crippen molar-refractivity contribution in [2.75, 3.05) is 5.32 Å². The molecule has 0 aliphatic heterocycles. The van der Waals surface area contributed by atoms with Crippen molar-refractivity contribution in [3.05, 3.63) is 138 Å². The van der Waals surface area contributed by atoms with Crippen LogP contribution in [0.1, 0.15) is 57.9 Å². The second-order valence-corrected chi connectivity index (χ2v) is 10.4. The topological polar surface area (TPSA) is 75.9 Å². The van der Waals surface area contributed by atoms with Crippen LogP contribution >= 0.6 is 0 Å². The van der Waals surface area contributed by atoms with Gasteiger partial charge in [-0.15, -0.1) is 12.8 Å². The molecule has 0 bridgehead atoms. The van der Waals surface area contributed by atoms with Gasteiger partial charge in [0.05, 0.1) is 11.4 Å². The largest absolute Gasteiger partial charge is 0.399 e. The second kappa shape index (κ2) is 17.9. The van der Waals surface area contributed by atoms with Crippen molar-refractivity contribution in [1.29, 1.82) is 0 Å². The number of terminal acetylenes is 1. The molecule has 2 aromatic heterocycles. The first-order valence-corrected chi connectivity index (χ1v) is 14.7. The van der Waals surface area contributed by atoms with Gasteiger partial charge in [-0.05, 0) is 92.7 Å². The van der Waals surface area contributed by atoms with E-state index in [-0.39, 0.29) is 0 Å². The van der Waals surface area contributed by atoms with Crippen molar-refractivity contribution < 1.29 is 0 Å². The first-order chi connectivity index (χ1) is 20.8. The van der Waals surface area contributed by atoms with E-state index >= 15 is 0 Å². The summed E-state index contributed by atoms with van der Waals surface area (Å²) in [4.78, 5) is 9.00. The van der Waals surface area contributed by atoms with E-state index in [9.17, 15) is 0 Å². The standard InChI is InChI=1S/C36H45N5.C2H2/c1-8-29(24-32(9-2)41-28(7)30-16-12-11-13-17-30)25(4)22-31(33(37)10-3)23-26(5)40-34-19-21-39-36(27(34)6)35-18-14-15-20-38-35;1-2/h8-10,14-15,18-22,24,30,41H,2,4-5,7,11-13,16-17,23,37H2,1,3,6H3,(H,39,40);1-2H/b29-8+,31-22-,32-24+,33-10+;. The van der Waals surface area contributed by atoms with Crippen molar-refractivity contribution in [3.8, 4) is 24.2 Å². The second-order valence-electron chi connectivity index (χ2n) is 10.4. The normalized spacial score (nSPS) is 14.6. The van der Waals surface area contributed by atoms with E-state index in [2.05, 4.69) is 65.8 Å². The molecule has 0 saturated heterocycles. The van der Waals surface area contributed by atoms with Gasteiger partial charge in [0.1, 0.15) is 0 Å². The molecular formula is C38H47N5. The van der Waals surface area contributed by atoms with Crippen LogP contribution in [0.3, 0.4) is 0 Å². The Balaban J connectivity index is 0.00000316. The van der Waals surface area contributed by atoms with E-state index in [1.807, 2.05) is 69.3 Å². The zero-order valence-corrected chi connectivity index (χ0v) is 26.1. The lowest BCUT2D eigenvalue weighted by Gasteiger charge is -2.25. The molecule has 224 valence electrons. The Morgan fingerprint density at radius 2 is 1.72 bits per heavy atom. The Bertz CT molecular complexity index is 1430. The fraction of sp³-hybridized carbons (Fsp3) is 0.263. The fourth-order valence-corrected chi connectivity index (χ4v) is 5.03. The lowest BCUT2D eigenvalue weighted by molar-refractivity contribution is 0.393. The third-order valence-corrected chi connectivity index (χ3v) is 7.47. The molecule has 0 spiro atoms. The maximum absolute atomic E-state index is 6.44. The first kappa shape index (κ1) is 34.4. The number of pyridine rings is 2. The molecule has 2 heterocycles. The van der Waals surface area contributed by atoms with Crippen molar-refractivity contribution >= 4 is 5.69 Å². The number of hydrogen-bond acceptors (Lipinski definition) is 5. The molecule has 1 aliphatic rings. The number of anilines is 1. The summed E-state index contributed by atoms with van der Waals surface area (Å²) in [5, 5.41) is 6.97. The molecule has 0 amide bonds. The predicted molar refractivity (Wildman–Crippen MR) is 186 cm³/mol. The van der Waals surface area contributed by atoms with E-state index in [0.717, 1.165) is 56.4 Å². The smallest absolute Gasteiger partial charge is 0.0935 e. The van der Waals surface area contributed by atoms with E-state index in [1.165, 1.54) is 32.1 Å². The van der Waals surface area contributed by atoms with Gasteiger partial charge in [-0.25, -0.2) is 0 Å². The summed E-state index contributed by atoms with van der Waals surface area (Å²) in [5.41, 5.74) is 16.3. The van der Waals surface area contributed by atoms with Crippen LogP contribution in [0.2, 0.25) is 0 Å². The number of nitrogens with zero attached hydrogens (tertiary/aromatic N) is 2. The first-order valence-electron chi connectivity index (χ1n) is 14.7. The highest BCUT2D eigenvalue weighted by Gasteiger charge is 2.17. The summed E-state index contributed by atoms with van der Waals surface area (Å²) < 4.78 is 0. The summed E-state index contributed by atoms with van der Waals surface area (Å²) in [6.45, 7) is 23.0. The number of allylic oxidation sites excluding steroid dienone is 10. The Labute approximate surface area is 259 Å². The Morgan fingerprint density at radius 1 is 1.00 bits per heavy atom. The van der Waals surface area contributed by atoms with Crippen LogP contribution in [0.25, 0.3) is 11.4 Å². The van der Waals surface area contributed by atoms with Crippen LogP contribution in [0.5, 0.6) is 0 Å². The minimum absolute atomic E-state index is 0.507. The molecule has 43 heavy (non-hydrogen) atoms. The molecule has 0 aromatic carbocycles. The van der Waals surface area contributed by atoms with Gasteiger partial charge < -0.3 is 16.4 Å². The van der Waals surface area contributed by atoms with Gasteiger partial charge in [0, 0.05) is 52.9 Å². The van der Waals surface area contributed by atoms with Crippen LogP contribution in [0, 0.1) is 25.7 Å². The molecule has 5 nitrogen and oxygen atoms in total. The van der Waals surface area contributed by atoms with Crippen molar-refractivity contribution in [1.82, 2.24) is 15.3 Å². The van der Waals surface area contributed by atoms with Gasteiger partial charge in [0.2, 0.25) is 0 Å². The highest BCUT2D eigenvalue weighted by atomic mass is 14.9. The molecule has 2 aromatic rings. The zero-order chi connectivity index (χ0) is 31.8. The Morgan fingerprint density at radius 3 is 2.33 bits per heavy atom. The van der Waals surface area contributed by atoms with Crippen molar-refractivity contribution in [3.63, 3.8) is 0 Å². The lowest BCUT2D eigenvalue weighted by atomic mass is 9.87. The highest BCUT2D eigenvalue weighted by molar-refractivity contribution is 5.68. The van der Waals surface area contributed by atoms with E-state index in [1.54, 1.807) is 12.4 Å². The molecule has 1 fully saturated rings. The number of nitrogens with one attached hydrogen (secondary N) is 2. The summed E-state index contributed by atoms with van der Waals surface area (Å²) in [5.74, 6) is 0.507. The molecular weight excluding hydrogens is 526 g/mol. The Hall–Kier alpha value is -4.82. The molecule has 0 atom stereocenters. The number of nitrogens with two attached hydrogens (primary N) is 1. The monoisotopic (exact) mass is 573 g/mol. The summed E-state index contributed by atoms with van der Waals surface area (Å²) >= 11 is 0. The van der Waals surface area contributed by atoms with Crippen LogP contribution in [0.15, 0.2) is 133 Å². The minimum Gasteiger partial charge on any atom is -0.399 e. The van der Waals surface area contributed by atoms with Gasteiger partial charge >= 0.3 is 0 Å². The van der Waals surface area contributed by atoms with Crippen LogP contribution in [-0.2, 0) is 0 Å². The molecule has 1 saturated carbocycles. The van der Waals surface area contributed by atoms with Crippen LogP contribution in [-0.4, -0.2) is 9.97 Å². The van der Waals surface area contributed by atoms with Gasteiger partial charge in [0.25, 0.3) is 0 Å². The molecule has 0 radical (unpaired) electrons. The average molecular weight is 574 g/mol. The van der Waals surface area contributed by atoms with Crippen molar-refractivity contribution in [2.45, 2.75) is 59.3 Å². The number of aromatic nitrogens is 2. The molecule has 5 heteroatoms. The predicted octanol–water partition coefficient (Wildman–Crippen LogP) is 9.06. The van der Waals surface area contributed by atoms with Crippen LogP contribution in [0.4, 0.5) is 5.69 Å². The summed E-state index contributed by atoms with van der Waals surface area (Å²) in [6, 6.07) is 7.76. The third-order valence-electron chi connectivity index (χ3n) is 7.47. The number of hydrogen-bond donors (Lipinski definition) is 3. The summed E-state index contributed by atoms with van der Waals surface area (Å²) in [6.07, 6.45) is 28.2. The van der Waals surface area contributed by atoms with E-state index in [0.29, 0.717) is 18.0 Å². The van der Waals surface area contributed by atoms with E-state index in [4.69, 9.17) is 5.73 Å². The minimum atomic E-state index is 0.507. The van der Waals surface area contributed by atoms with Crippen molar-refractivity contribution in [2.24, 2.45) is 11.7 Å². The highest BCUT2D eigenvalue weighted by Crippen LogP contribution is 2.29. The van der Waals surface area contributed by atoms with Gasteiger partial charge in [-0.1, -0.05) is 63.8 Å². The molecule has 4 N–H and O–H groups in total. The van der Waals surface area contributed by atoms with Gasteiger partial charge in [-0.3, -0.25) is 9.97 Å². The van der Waals surface area contributed by atoms with Gasteiger partial charge in [0.15, 0.2) is 0 Å². The lowest BCUT2D eigenvalue weighted by Crippen LogP contribution is -2.20. The maximum atomic E-state index is 6.44. The number of rotatable bonds is 13. The Kier molecular flexibility index (Phi) is 14.3. The maximum Gasteiger partial charge on any atom is 0.0935 e. The quantitative estimate of drug-likeness (QED) is 0.165. The fourth-order valence-electron chi connectivity index (χ4n) is 5.03. The van der Waals surface area contributed by atoms with E-state index < -0.39 is 0 Å². The summed E-state index contributed by atoms with van der Waals surface area (Å²) in [7, 11) is 0. The molecule has 1 aliphatic carbocycles. The SMILES string of the molecule is C#C.C=C/C(=C\C(=C/C)C(=C)/C=C(CC(=C)Nc1ccnc(-c2ccccn2)c1C)\C(N)=C/C)NC(=C)C1CCCCC1. The molecule has 3 rings (SSSR count). The third kappa shape index (κ3) is 10.2. The molecule has 0 unspecified atom stereocenters.